The highest BCUT2D eigenvalue weighted by atomic mass is 35.5. The maximum absolute atomic E-state index is 12.5. The molecule has 3 heterocycles. The van der Waals surface area contributed by atoms with Crippen molar-refractivity contribution in [1.29, 1.82) is 5.26 Å². The van der Waals surface area contributed by atoms with Gasteiger partial charge in [-0.3, -0.25) is 15.1 Å². The summed E-state index contributed by atoms with van der Waals surface area (Å²) in [5.41, 5.74) is 1.82. The number of pyridine rings is 2. The minimum atomic E-state index is -0.727. The van der Waals surface area contributed by atoms with Crippen LogP contribution in [0.4, 0.5) is 16.3 Å². The van der Waals surface area contributed by atoms with Gasteiger partial charge in [-0.2, -0.15) is 5.26 Å². The molecule has 1 aliphatic rings. The average molecular weight is 467 g/mol. The Morgan fingerprint density at radius 3 is 2.79 bits per heavy atom. The molecular formula is C21H19ClN8O3. The first kappa shape index (κ1) is 22.2. The van der Waals surface area contributed by atoms with Crippen LogP contribution in [0, 0.1) is 23.2 Å². The molecule has 1 saturated carbocycles. The van der Waals surface area contributed by atoms with Gasteiger partial charge in [0.1, 0.15) is 11.3 Å². The van der Waals surface area contributed by atoms with Crippen LogP contribution in [-0.4, -0.2) is 37.0 Å². The maximum atomic E-state index is 12.5. The Hall–Kier alpha value is -4.04. The molecule has 2 N–H and O–H groups in total. The van der Waals surface area contributed by atoms with Crippen molar-refractivity contribution in [2.24, 2.45) is 18.9 Å². The van der Waals surface area contributed by atoms with Crippen molar-refractivity contribution in [1.82, 2.24) is 25.0 Å². The highest BCUT2D eigenvalue weighted by molar-refractivity contribution is 6.30. The minimum absolute atomic E-state index is 0.205. The van der Waals surface area contributed by atoms with Crippen LogP contribution in [0.1, 0.15) is 25.0 Å². The Labute approximate surface area is 193 Å². The van der Waals surface area contributed by atoms with Gasteiger partial charge < -0.3 is 10.1 Å². The van der Waals surface area contributed by atoms with E-state index >= 15 is 0 Å². The lowest BCUT2D eigenvalue weighted by Gasteiger charge is -2.15. The number of nitriles is 1. The van der Waals surface area contributed by atoms with E-state index in [1.54, 1.807) is 44.4 Å². The summed E-state index contributed by atoms with van der Waals surface area (Å²) in [6.07, 6.45) is 2.23. The number of hydrogen-bond acceptors (Lipinski definition) is 8. The van der Waals surface area contributed by atoms with E-state index in [2.05, 4.69) is 37.0 Å². The SMILES string of the molecule is C[C@@H](OC(=O)Nc1c(-c2ccc(NC(=O)[C@@H]3CC3C#N)cn2)nnn1C)c1cccnc1Cl. The molecule has 3 atom stereocenters. The van der Waals surface area contributed by atoms with Crippen LogP contribution in [0.3, 0.4) is 0 Å². The zero-order valence-corrected chi connectivity index (χ0v) is 18.4. The zero-order valence-electron chi connectivity index (χ0n) is 17.7. The second-order valence-corrected chi connectivity index (χ2v) is 7.82. The Balaban J connectivity index is 1.43. The van der Waals surface area contributed by atoms with Crippen LogP contribution >= 0.6 is 11.6 Å². The van der Waals surface area contributed by atoms with Crippen molar-refractivity contribution in [3.05, 3.63) is 47.4 Å². The maximum Gasteiger partial charge on any atom is 0.413 e. The number of nitrogens with zero attached hydrogens (tertiary/aromatic N) is 6. The lowest BCUT2D eigenvalue weighted by Crippen LogP contribution is -2.18. The summed E-state index contributed by atoms with van der Waals surface area (Å²) in [5, 5.41) is 22.5. The summed E-state index contributed by atoms with van der Waals surface area (Å²) in [7, 11) is 1.61. The predicted molar refractivity (Wildman–Crippen MR) is 118 cm³/mol. The number of hydrogen-bond donors (Lipinski definition) is 2. The second-order valence-electron chi connectivity index (χ2n) is 7.47. The van der Waals surface area contributed by atoms with E-state index in [0.717, 1.165) is 0 Å². The zero-order chi connectivity index (χ0) is 23.5. The molecule has 0 bridgehead atoms. The van der Waals surface area contributed by atoms with E-state index in [1.807, 2.05) is 0 Å². The van der Waals surface area contributed by atoms with Gasteiger partial charge >= 0.3 is 6.09 Å². The molecule has 4 rings (SSSR count). The summed E-state index contributed by atoms with van der Waals surface area (Å²) >= 11 is 6.06. The molecule has 0 aliphatic heterocycles. The fourth-order valence-corrected chi connectivity index (χ4v) is 3.46. The van der Waals surface area contributed by atoms with Gasteiger partial charge in [-0.05, 0) is 31.5 Å². The number of carbonyl (C=O) groups is 2. The fraction of sp³-hybridized carbons (Fsp3) is 0.286. The fourth-order valence-electron chi connectivity index (χ4n) is 3.19. The molecule has 0 aromatic carbocycles. The minimum Gasteiger partial charge on any atom is -0.441 e. The molecule has 168 valence electrons. The van der Waals surface area contributed by atoms with Gasteiger partial charge in [0, 0.05) is 18.8 Å². The third-order valence-corrected chi connectivity index (χ3v) is 5.44. The molecule has 12 heteroatoms. The number of amides is 2. The van der Waals surface area contributed by atoms with E-state index in [4.69, 9.17) is 21.6 Å². The number of rotatable bonds is 6. The van der Waals surface area contributed by atoms with E-state index in [0.29, 0.717) is 29.1 Å². The van der Waals surface area contributed by atoms with Gasteiger partial charge in [-0.15, -0.1) is 5.10 Å². The summed E-state index contributed by atoms with van der Waals surface area (Å²) < 4.78 is 6.79. The lowest BCUT2D eigenvalue weighted by molar-refractivity contribution is -0.117. The number of anilines is 2. The first-order valence-electron chi connectivity index (χ1n) is 10.0. The number of carbonyl (C=O) groups excluding carboxylic acids is 2. The quantitative estimate of drug-likeness (QED) is 0.525. The topological polar surface area (TPSA) is 148 Å². The molecule has 33 heavy (non-hydrogen) atoms. The van der Waals surface area contributed by atoms with Crippen LogP contribution < -0.4 is 10.6 Å². The molecular weight excluding hydrogens is 448 g/mol. The summed E-state index contributed by atoms with van der Waals surface area (Å²) in [6.45, 7) is 1.68. The van der Waals surface area contributed by atoms with Crippen LogP contribution in [0.15, 0.2) is 36.7 Å². The second kappa shape index (κ2) is 9.22. The Bertz CT molecular complexity index is 1240. The molecule has 3 aromatic heterocycles. The van der Waals surface area contributed by atoms with Crippen molar-refractivity contribution >= 4 is 35.1 Å². The van der Waals surface area contributed by atoms with Gasteiger partial charge in [0.25, 0.3) is 0 Å². The normalized spacial score (nSPS) is 17.5. The molecule has 1 aliphatic carbocycles. The molecule has 11 nitrogen and oxygen atoms in total. The van der Waals surface area contributed by atoms with E-state index in [1.165, 1.54) is 10.9 Å². The van der Waals surface area contributed by atoms with Crippen LogP contribution in [0.2, 0.25) is 5.15 Å². The third-order valence-electron chi connectivity index (χ3n) is 5.12. The van der Waals surface area contributed by atoms with Gasteiger partial charge in [0.15, 0.2) is 11.5 Å². The van der Waals surface area contributed by atoms with Crippen molar-refractivity contribution < 1.29 is 14.3 Å². The molecule has 1 fully saturated rings. The summed E-state index contributed by atoms with van der Waals surface area (Å²) in [5.74, 6) is -0.422. The van der Waals surface area contributed by atoms with Gasteiger partial charge in [-0.1, -0.05) is 22.9 Å². The number of aromatic nitrogens is 5. The lowest BCUT2D eigenvalue weighted by atomic mass is 10.2. The number of halogens is 1. The number of aryl methyl sites for hydroxylation is 1. The first-order valence-corrected chi connectivity index (χ1v) is 10.4. The van der Waals surface area contributed by atoms with Crippen LogP contribution in [-0.2, 0) is 16.6 Å². The number of ether oxygens (including phenoxy) is 1. The largest absolute Gasteiger partial charge is 0.441 e. The Morgan fingerprint density at radius 2 is 2.12 bits per heavy atom. The molecule has 2 amide bonds. The Morgan fingerprint density at radius 1 is 1.30 bits per heavy atom. The molecule has 0 spiro atoms. The van der Waals surface area contributed by atoms with Gasteiger partial charge in [-0.25, -0.2) is 14.5 Å². The smallest absolute Gasteiger partial charge is 0.413 e. The molecule has 0 saturated heterocycles. The van der Waals surface area contributed by atoms with Crippen LogP contribution in [0.25, 0.3) is 11.4 Å². The predicted octanol–water partition coefficient (Wildman–Crippen LogP) is 3.33. The summed E-state index contributed by atoms with van der Waals surface area (Å²) in [4.78, 5) is 32.9. The monoisotopic (exact) mass is 466 g/mol. The summed E-state index contributed by atoms with van der Waals surface area (Å²) in [6, 6.07) is 8.81. The Kier molecular flexibility index (Phi) is 6.19. The van der Waals surface area contributed by atoms with E-state index < -0.39 is 12.2 Å². The third kappa shape index (κ3) is 4.91. The molecule has 1 unspecified atom stereocenters. The van der Waals surface area contributed by atoms with Gasteiger partial charge in [0.2, 0.25) is 5.91 Å². The van der Waals surface area contributed by atoms with Crippen LogP contribution in [0.5, 0.6) is 0 Å². The van der Waals surface area contributed by atoms with E-state index in [9.17, 15) is 9.59 Å². The van der Waals surface area contributed by atoms with E-state index in [-0.39, 0.29) is 28.7 Å². The highest BCUT2D eigenvalue weighted by Gasteiger charge is 2.43. The average Bonchev–Trinajstić information content (AvgIpc) is 3.52. The number of nitrogens with one attached hydrogen (secondary N) is 2. The highest BCUT2D eigenvalue weighted by Crippen LogP contribution is 2.38. The molecule has 3 aromatic rings. The van der Waals surface area contributed by atoms with Crippen molar-refractivity contribution in [3.8, 4) is 17.5 Å². The van der Waals surface area contributed by atoms with Crippen molar-refractivity contribution in [3.63, 3.8) is 0 Å². The van der Waals surface area contributed by atoms with Crippen molar-refractivity contribution in [2.45, 2.75) is 19.4 Å². The van der Waals surface area contributed by atoms with Crippen molar-refractivity contribution in [2.75, 3.05) is 10.6 Å². The first-order chi connectivity index (χ1) is 15.9. The standard InChI is InChI=1S/C21H19ClN8O3/c1-11(14-4-3-7-24-18(14)22)33-21(32)27-19-17(28-29-30(19)2)16-6-5-13(10-25-16)26-20(31)15-8-12(15)9-23/h3-7,10-12,15H,8H2,1-2H3,(H,26,31)(H,27,32)/t11-,12?,15-/m1/s1. The molecule has 0 radical (unpaired) electrons. The van der Waals surface area contributed by atoms with Gasteiger partial charge in [0.05, 0.1) is 35.5 Å².